The molecule has 2 fully saturated rings. The van der Waals surface area contributed by atoms with E-state index < -0.39 is 17.6 Å². The van der Waals surface area contributed by atoms with Gasteiger partial charge in [0.15, 0.2) is 5.79 Å². The van der Waals surface area contributed by atoms with E-state index in [2.05, 4.69) is 5.32 Å². The van der Waals surface area contributed by atoms with Gasteiger partial charge in [0.25, 0.3) is 0 Å². The van der Waals surface area contributed by atoms with Crippen LogP contribution in [-0.4, -0.2) is 62.5 Å². The van der Waals surface area contributed by atoms with Crippen molar-refractivity contribution in [3.63, 3.8) is 0 Å². The zero-order valence-corrected chi connectivity index (χ0v) is 14.5. The summed E-state index contributed by atoms with van der Waals surface area (Å²) >= 11 is 0. The summed E-state index contributed by atoms with van der Waals surface area (Å²) in [6.07, 6.45) is 1.81. The zero-order chi connectivity index (χ0) is 17.7. The average molecular weight is 348 g/mol. The van der Waals surface area contributed by atoms with E-state index >= 15 is 0 Å². The highest BCUT2D eigenvalue weighted by Gasteiger charge is 2.41. The van der Waals surface area contributed by atoms with Gasteiger partial charge in [-0.05, 0) is 18.1 Å². The third kappa shape index (κ3) is 4.11. The summed E-state index contributed by atoms with van der Waals surface area (Å²) in [6.45, 7) is 2.52. The summed E-state index contributed by atoms with van der Waals surface area (Å²) in [5, 5.41) is 2.69. The summed E-state index contributed by atoms with van der Waals surface area (Å²) in [4.78, 5) is 25.9. The summed E-state index contributed by atoms with van der Waals surface area (Å²) in [6, 6.07) is 7.63. The molecule has 0 aliphatic carbocycles. The molecule has 0 radical (unpaired) electrons. The van der Waals surface area contributed by atoms with Crippen LogP contribution in [0.3, 0.4) is 0 Å². The van der Waals surface area contributed by atoms with Gasteiger partial charge in [0.05, 0.1) is 20.3 Å². The van der Waals surface area contributed by atoms with Crippen LogP contribution in [0.15, 0.2) is 24.3 Å². The molecular weight excluding hydrogens is 324 g/mol. The predicted molar refractivity (Wildman–Crippen MR) is 90.2 cm³/mol. The quantitative estimate of drug-likeness (QED) is 0.812. The number of benzene rings is 1. The molecule has 2 aliphatic rings. The monoisotopic (exact) mass is 348 g/mol. The molecule has 1 N–H and O–H groups in total. The van der Waals surface area contributed by atoms with Gasteiger partial charge in [-0.2, -0.15) is 0 Å². The first-order valence-electron chi connectivity index (χ1n) is 8.60. The Morgan fingerprint density at radius 3 is 2.56 bits per heavy atom. The van der Waals surface area contributed by atoms with Crippen molar-refractivity contribution in [2.75, 3.05) is 40.0 Å². The molecule has 1 aromatic carbocycles. The first-order chi connectivity index (χ1) is 12.1. The molecule has 0 aromatic heterocycles. The lowest BCUT2D eigenvalue weighted by atomic mass is 10.0. The van der Waals surface area contributed by atoms with Gasteiger partial charge >= 0.3 is 11.8 Å². The van der Waals surface area contributed by atoms with Crippen LogP contribution >= 0.6 is 0 Å². The van der Waals surface area contributed by atoms with Gasteiger partial charge < -0.3 is 24.4 Å². The van der Waals surface area contributed by atoms with Crippen molar-refractivity contribution in [1.29, 1.82) is 0 Å². The number of piperidine rings is 1. The first kappa shape index (κ1) is 17.7. The van der Waals surface area contributed by atoms with Crippen LogP contribution < -0.4 is 10.1 Å². The molecule has 1 aromatic rings. The van der Waals surface area contributed by atoms with Crippen LogP contribution in [-0.2, 0) is 25.5 Å². The summed E-state index contributed by atoms with van der Waals surface area (Å²) in [5.74, 6) is -0.829. The van der Waals surface area contributed by atoms with Crippen molar-refractivity contribution in [3.05, 3.63) is 29.8 Å². The predicted octanol–water partition coefficient (Wildman–Crippen LogP) is 0.719. The van der Waals surface area contributed by atoms with E-state index in [1.165, 1.54) is 0 Å². The first-order valence-corrected chi connectivity index (χ1v) is 8.60. The number of nitrogens with zero attached hydrogens (tertiary/aromatic N) is 1. The third-order valence-corrected chi connectivity index (χ3v) is 4.69. The molecule has 0 unspecified atom stereocenters. The maximum absolute atomic E-state index is 12.3. The molecule has 136 valence electrons. The van der Waals surface area contributed by atoms with E-state index in [4.69, 9.17) is 14.2 Å². The lowest BCUT2D eigenvalue weighted by Crippen LogP contribution is -2.51. The molecule has 2 saturated heterocycles. The second-order valence-electron chi connectivity index (χ2n) is 6.22. The lowest BCUT2D eigenvalue weighted by molar-refractivity contribution is -0.188. The highest BCUT2D eigenvalue weighted by molar-refractivity contribution is 6.35. The number of para-hydroxylation sites is 1. The van der Waals surface area contributed by atoms with Gasteiger partial charge in [-0.3, -0.25) is 9.59 Å². The molecule has 1 spiro atoms. The van der Waals surface area contributed by atoms with Gasteiger partial charge in [-0.15, -0.1) is 0 Å². The lowest BCUT2D eigenvalue weighted by Gasteiger charge is -2.37. The Morgan fingerprint density at radius 1 is 1.20 bits per heavy atom. The molecule has 0 saturated carbocycles. The maximum Gasteiger partial charge on any atom is 0.311 e. The van der Waals surface area contributed by atoms with Crippen molar-refractivity contribution >= 4 is 11.8 Å². The Hall–Kier alpha value is -2.12. The van der Waals surface area contributed by atoms with Crippen LogP contribution in [0.5, 0.6) is 5.75 Å². The Balaban J connectivity index is 1.44. The summed E-state index contributed by atoms with van der Waals surface area (Å²) in [7, 11) is 1.61. The van der Waals surface area contributed by atoms with Crippen molar-refractivity contribution in [2.45, 2.75) is 25.0 Å². The number of hydrogen-bond acceptors (Lipinski definition) is 5. The topological polar surface area (TPSA) is 77.1 Å². The second kappa shape index (κ2) is 7.84. The minimum atomic E-state index is -0.570. The molecule has 2 amide bonds. The van der Waals surface area contributed by atoms with Crippen LogP contribution in [0.2, 0.25) is 0 Å². The minimum absolute atomic E-state index is 0.384. The van der Waals surface area contributed by atoms with Gasteiger partial charge in [-0.25, -0.2) is 0 Å². The third-order valence-electron chi connectivity index (χ3n) is 4.69. The SMILES string of the molecule is COc1ccccc1CCNC(=O)C(=O)N1CCC2(CC1)OCCO2. The highest BCUT2D eigenvalue weighted by atomic mass is 16.7. The Kier molecular flexibility index (Phi) is 5.55. The van der Waals surface area contributed by atoms with E-state index in [9.17, 15) is 9.59 Å². The van der Waals surface area contributed by atoms with Crippen molar-refractivity contribution in [3.8, 4) is 5.75 Å². The standard InChI is InChI=1S/C18H24N2O5/c1-23-15-5-3-2-4-14(15)6-9-19-16(21)17(22)20-10-7-18(8-11-20)24-12-13-25-18/h2-5H,6-13H2,1H3,(H,19,21). The number of amides is 2. The molecule has 2 heterocycles. The molecule has 25 heavy (non-hydrogen) atoms. The zero-order valence-electron chi connectivity index (χ0n) is 14.5. The highest BCUT2D eigenvalue weighted by Crippen LogP contribution is 2.31. The van der Waals surface area contributed by atoms with E-state index in [0.717, 1.165) is 11.3 Å². The van der Waals surface area contributed by atoms with Crippen LogP contribution in [0, 0.1) is 0 Å². The maximum atomic E-state index is 12.3. The Labute approximate surface area is 147 Å². The minimum Gasteiger partial charge on any atom is -0.496 e. The number of hydrogen-bond donors (Lipinski definition) is 1. The molecule has 0 bridgehead atoms. The molecule has 7 nitrogen and oxygen atoms in total. The smallest absolute Gasteiger partial charge is 0.311 e. The molecular formula is C18H24N2O5. The van der Waals surface area contributed by atoms with Gasteiger partial charge in [0.2, 0.25) is 0 Å². The van der Waals surface area contributed by atoms with Crippen LogP contribution in [0.4, 0.5) is 0 Å². The molecule has 7 heteroatoms. The fraction of sp³-hybridized carbons (Fsp3) is 0.556. The van der Waals surface area contributed by atoms with E-state index in [1.807, 2.05) is 24.3 Å². The number of methoxy groups -OCH3 is 1. The number of nitrogens with one attached hydrogen (secondary N) is 1. The van der Waals surface area contributed by atoms with Crippen molar-refractivity contribution < 1.29 is 23.8 Å². The fourth-order valence-corrected chi connectivity index (χ4v) is 3.28. The number of likely N-dealkylation sites (tertiary alicyclic amines) is 1. The number of ether oxygens (including phenoxy) is 3. The second-order valence-corrected chi connectivity index (χ2v) is 6.22. The van der Waals surface area contributed by atoms with E-state index in [-0.39, 0.29) is 0 Å². The van der Waals surface area contributed by atoms with Gasteiger partial charge in [0, 0.05) is 32.5 Å². The van der Waals surface area contributed by atoms with E-state index in [0.29, 0.717) is 52.1 Å². The molecule has 3 rings (SSSR count). The van der Waals surface area contributed by atoms with Gasteiger partial charge in [0.1, 0.15) is 5.75 Å². The average Bonchev–Trinajstić information content (AvgIpc) is 3.10. The number of carbonyl (C=O) groups is 2. The Morgan fingerprint density at radius 2 is 1.88 bits per heavy atom. The van der Waals surface area contributed by atoms with Crippen molar-refractivity contribution in [2.24, 2.45) is 0 Å². The molecule has 0 atom stereocenters. The number of rotatable bonds is 4. The normalized spacial score (nSPS) is 19.0. The summed E-state index contributed by atoms with van der Waals surface area (Å²) < 4.78 is 16.5. The Bertz CT molecular complexity index is 618. The summed E-state index contributed by atoms with van der Waals surface area (Å²) in [5.41, 5.74) is 0.994. The van der Waals surface area contributed by atoms with Crippen LogP contribution in [0.25, 0.3) is 0 Å². The fourth-order valence-electron chi connectivity index (χ4n) is 3.28. The van der Waals surface area contributed by atoms with Crippen molar-refractivity contribution in [1.82, 2.24) is 10.2 Å². The largest absolute Gasteiger partial charge is 0.496 e. The van der Waals surface area contributed by atoms with Crippen LogP contribution in [0.1, 0.15) is 18.4 Å². The van der Waals surface area contributed by atoms with Gasteiger partial charge in [-0.1, -0.05) is 18.2 Å². The van der Waals surface area contributed by atoms with E-state index in [1.54, 1.807) is 12.0 Å². The molecule has 2 aliphatic heterocycles. The number of carbonyl (C=O) groups excluding carboxylic acids is 2.